The molecule has 9 heteroatoms. The summed E-state index contributed by atoms with van der Waals surface area (Å²) in [6.07, 6.45) is 4.78. The second kappa shape index (κ2) is 8.16. The summed E-state index contributed by atoms with van der Waals surface area (Å²) >= 11 is 0. The maximum Gasteiger partial charge on any atom is 0.338 e. The Morgan fingerprint density at radius 3 is 2.81 bits per heavy atom. The topological polar surface area (TPSA) is 115 Å². The number of Topliss-reactive ketones (excluding diaryl/α,β-unsaturated/α-hetero) is 1. The number of carbonyl (C=O) groups is 4. The number of nitrogens with one attached hydrogen (secondary N) is 1. The molecule has 2 amide bonds. The third-order valence-corrected chi connectivity index (χ3v) is 7.90. The third kappa shape index (κ3) is 3.12. The van der Waals surface area contributed by atoms with Gasteiger partial charge >= 0.3 is 5.97 Å². The molecule has 0 unspecified atom stereocenters. The number of ether oxygens (including phenoxy) is 2. The molecule has 1 N–H and O–H groups in total. The minimum absolute atomic E-state index is 0.0320. The van der Waals surface area contributed by atoms with Crippen LogP contribution in [0.2, 0.25) is 0 Å². The number of hydrogen-bond donors (Lipinski definition) is 1. The number of benzene rings is 1. The number of amides is 2. The fourth-order valence-corrected chi connectivity index (χ4v) is 6.43. The molecule has 5 heterocycles. The summed E-state index contributed by atoms with van der Waals surface area (Å²) in [6.45, 7) is 3.78. The average Bonchev–Trinajstić information content (AvgIpc) is 3.64. The van der Waals surface area contributed by atoms with Crippen LogP contribution in [0.5, 0.6) is 0 Å². The van der Waals surface area contributed by atoms with E-state index in [0.29, 0.717) is 17.0 Å². The highest BCUT2D eigenvalue weighted by molar-refractivity contribution is 6.01. The van der Waals surface area contributed by atoms with E-state index in [1.165, 1.54) is 6.26 Å². The molecule has 3 fully saturated rings. The first-order valence-electron chi connectivity index (χ1n) is 12.2. The quantitative estimate of drug-likeness (QED) is 0.506. The fourth-order valence-electron chi connectivity index (χ4n) is 6.43. The van der Waals surface area contributed by atoms with Gasteiger partial charge in [0.25, 0.3) is 0 Å². The highest BCUT2D eigenvalue weighted by Gasteiger charge is 2.74. The number of piperidine rings is 1. The summed E-state index contributed by atoms with van der Waals surface area (Å²) in [6, 6.07) is 8.91. The highest BCUT2D eigenvalue weighted by Crippen LogP contribution is 2.60. The average molecular weight is 491 g/mol. The van der Waals surface area contributed by atoms with Crippen LogP contribution < -0.4 is 5.32 Å². The standard InChI is InChI=1S/C27H26N2O7/c1-3-34-26(33)15-6-4-7-16(12-15)28-24(31)21-20-9-10-27(36-20)22(21)25(32)29-17(19-8-5-11-35-19)13-18(30)14(2)23(27)29/h4-12,14,17,20-23H,3,13H2,1-2H3,(H,28,31)/t14-,17+,20-,21+,22-,23+,27+/m1/s1. The minimum Gasteiger partial charge on any atom is -0.467 e. The molecular weight excluding hydrogens is 464 g/mol. The van der Waals surface area contributed by atoms with Gasteiger partial charge in [-0.25, -0.2) is 4.79 Å². The lowest BCUT2D eigenvalue weighted by Crippen LogP contribution is -2.55. The van der Waals surface area contributed by atoms with E-state index in [0.717, 1.165) is 0 Å². The van der Waals surface area contributed by atoms with E-state index in [1.54, 1.807) is 48.2 Å². The maximum absolute atomic E-state index is 14.0. The van der Waals surface area contributed by atoms with Crippen LogP contribution in [0.4, 0.5) is 5.69 Å². The van der Waals surface area contributed by atoms with Crippen molar-refractivity contribution >= 4 is 29.3 Å². The number of hydrogen-bond acceptors (Lipinski definition) is 7. The molecule has 2 aromatic rings. The van der Waals surface area contributed by atoms with Crippen molar-refractivity contribution in [2.45, 2.75) is 44.1 Å². The number of esters is 1. The van der Waals surface area contributed by atoms with Crippen molar-refractivity contribution in [2.75, 3.05) is 11.9 Å². The van der Waals surface area contributed by atoms with Crippen molar-refractivity contribution in [1.82, 2.24) is 4.90 Å². The molecule has 1 spiro atoms. The largest absolute Gasteiger partial charge is 0.467 e. The van der Waals surface area contributed by atoms with E-state index in [4.69, 9.17) is 13.9 Å². The zero-order chi connectivity index (χ0) is 25.2. The summed E-state index contributed by atoms with van der Waals surface area (Å²) in [7, 11) is 0. The van der Waals surface area contributed by atoms with Crippen LogP contribution in [0.25, 0.3) is 0 Å². The molecule has 7 atom stereocenters. The van der Waals surface area contributed by atoms with Crippen molar-refractivity contribution in [3.8, 4) is 0 Å². The maximum atomic E-state index is 14.0. The molecule has 1 aromatic heterocycles. The first kappa shape index (κ1) is 22.7. The van der Waals surface area contributed by atoms with Gasteiger partial charge in [0.15, 0.2) is 0 Å². The third-order valence-electron chi connectivity index (χ3n) is 7.90. The van der Waals surface area contributed by atoms with E-state index < -0.39 is 47.5 Å². The van der Waals surface area contributed by atoms with Gasteiger partial charge in [0.05, 0.1) is 48.5 Å². The van der Waals surface area contributed by atoms with E-state index in [-0.39, 0.29) is 30.6 Å². The van der Waals surface area contributed by atoms with Gasteiger partial charge in [0, 0.05) is 18.0 Å². The second-order valence-corrected chi connectivity index (χ2v) is 9.77. The van der Waals surface area contributed by atoms with Gasteiger partial charge in [-0.15, -0.1) is 0 Å². The van der Waals surface area contributed by atoms with Crippen LogP contribution in [0.3, 0.4) is 0 Å². The molecule has 4 aliphatic heterocycles. The fraction of sp³-hybridized carbons (Fsp3) is 0.407. The molecule has 36 heavy (non-hydrogen) atoms. The Labute approximate surface area is 207 Å². The highest BCUT2D eigenvalue weighted by atomic mass is 16.5. The molecule has 3 saturated heterocycles. The predicted octanol–water partition coefficient (Wildman–Crippen LogP) is 2.90. The number of carbonyl (C=O) groups excluding carboxylic acids is 4. The Kier molecular flexibility index (Phi) is 5.15. The number of rotatable bonds is 5. The van der Waals surface area contributed by atoms with Gasteiger partial charge in [0.1, 0.15) is 17.1 Å². The van der Waals surface area contributed by atoms with Gasteiger partial charge in [-0.1, -0.05) is 25.1 Å². The normalized spacial score (nSPS) is 34.0. The van der Waals surface area contributed by atoms with Gasteiger partial charge in [-0.3, -0.25) is 14.4 Å². The minimum atomic E-state index is -1.06. The van der Waals surface area contributed by atoms with Crippen molar-refractivity contribution < 1.29 is 33.1 Å². The Morgan fingerprint density at radius 2 is 2.06 bits per heavy atom. The van der Waals surface area contributed by atoms with Crippen LogP contribution in [-0.4, -0.2) is 52.8 Å². The molecular formula is C27H26N2O7. The Hall–Kier alpha value is -3.72. The number of anilines is 1. The Bertz CT molecular complexity index is 1280. The lowest BCUT2D eigenvalue weighted by Gasteiger charge is -2.43. The number of furan rings is 1. The van der Waals surface area contributed by atoms with Gasteiger partial charge in [0.2, 0.25) is 11.8 Å². The monoisotopic (exact) mass is 490 g/mol. The van der Waals surface area contributed by atoms with Gasteiger partial charge < -0.3 is 24.1 Å². The molecule has 4 aliphatic rings. The smallest absolute Gasteiger partial charge is 0.338 e. The van der Waals surface area contributed by atoms with E-state index >= 15 is 0 Å². The first-order chi connectivity index (χ1) is 17.4. The molecule has 6 rings (SSSR count). The molecule has 9 nitrogen and oxygen atoms in total. The number of nitrogens with zero attached hydrogens (tertiary/aromatic N) is 1. The molecule has 0 radical (unpaired) electrons. The molecule has 1 aromatic carbocycles. The first-order valence-corrected chi connectivity index (χ1v) is 12.2. The molecule has 2 bridgehead atoms. The Morgan fingerprint density at radius 1 is 1.22 bits per heavy atom. The summed E-state index contributed by atoms with van der Waals surface area (Å²) in [5.41, 5.74) is -0.318. The van der Waals surface area contributed by atoms with E-state index in [9.17, 15) is 19.2 Å². The number of ketones is 1. The SMILES string of the molecule is CCOC(=O)c1cccc(NC(=O)[C@H]2[C@H]3C=C[C@@]4(O3)[C@@H]3[C@H](C)C(=O)C[C@@H](c5ccco5)N3C(=O)[C@@H]24)c1. The molecule has 186 valence electrons. The van der Waals surface area contributed by atoms with Gasteiger partial charge in [-0.2, -0.15) is 0 Å². The predicted molar refractivity (Wildman–Crippen MR) is 126 cm³/mol. The van der Waals surface area contributed by atoms with Crippen molar-refractivity contribution in [2.24, 2.45) is 17.8 Å². The second-order valence-electron chi connectivity index (χ2n) is 9.77. The summed E-state index contributed by atoms with van der Waals surface area (Å²) in [4.78, 5) is 54.4. The van der Waals surface area contributed by atoms with Crippen LogP contribution >= 0.6 is 0 Å². The molecule has 0 aliphatic carbocycles. The van der Waals surface area contributed by atoms with Crippen LogP contribution in [0.1, 0.15) is 42.4 Å². The van der Waals surface area contributed by atoms with E-state index in [2.05, 4.69) is 5.32 Å². The van der Waals surface area contributed by atoms with Crippen LogP contribution in [-0.2, 0) is 23.9 Å². The van der Waals surface area contributed by atoms with Crippen molar-refractivity contribution in [3.63, 3.8) is 0 Å². The van der Waals surface area contributed by atoms with Crippen molar-refractivity contribution in [3.05, 3.63) is 66.1 Å². The summed E-state index contributed by atoms with van der Waals surface area (Å²) < 4.78 is 17.0. The lowest BCUT2D eigenvalue weighted by atomic mass is 9.70. The molecule has 0 saturated carbocycles. The number of fused-ring (bicyclic) bond motifs is 2. The van der Waals surface area contributed by atoms with Gasteiger partial charge in [-0.05, 0) is 37.3 Å². The summed E-state index contributed by atoms with van der Waals surface area (Å²) in [5, 5.41) is 2.86. The van der Waals surface area contributed by atoms with Crippen LogP contribution in [0.15, 0.2) is 59.2 Å². The van der Waals surface area contributed by atoms with Crippen LogP contribution in [0, 0.1) is 17.8 Å². The zero-order valence-corrected chi connectivity index (χ0v) is 19.9. The Balaban J connectivity index is 1.32. The summed E-state index contributed by atoms with van der Waals surface area (Å²) in [5.74, 6) is -2.49. The zero-order valence-electron chi connectivity index (χ0n) is 19.9. The lowest BCUT2D eigenvalue weighted by molar-refractivity contribution is -0.147. The van der Waals surface area contributed by atoms with E-state index in [1.807, 2.05) is 19.1 Å². The van der Waals surface area contributed by atoms with Crippen molar-refractivity contribution in [1.29, 1.82) is 0 Å².